The molecule has 0 spiro atoms. The van der Waals surface area contributed by atoms with Crippen LogP contribution in [0, 0.1) is 17.0 Å². The molecule has 0 nitrogen and oxygen atoms in total. The van der Waals surface area contributed by atoms with E-state index in [-0.39, 0.29) is 0 Å². The second kappa shape index (κ2) is 8.64. The first-order valence-corrected chi connectivity index (χ1v) is 9.09. The summed E-state index contributed by atoms with van der Waals surface area (Å²) in [4.78, 5) is 0. The standard InChI is InChI=1S/C20H30F2/c1-2-3-4-6-12-20(13-7-5-8-14-20)15-11-17-9-10-18(21)19(22)16-17/h9-10,16H,2-8,11-15H2,1H3. The summed E-state index contributed by atoms with van der Waals surface area (Å²) in [6.45, 7) is 2.25. The van der Waals surface area contributed by atoms with Crippen molar-refractivity contribution in [3.8, 4) is 0 Å². The summed E-state index contributed by atoms with van der Waals surface area (Å²) in [5, 5.41) is 0. The van der Waals surface area contributed by atoms with Crippen molar-refractivity contribution in [2.24, 2.45) is 5.41 Å². The molecule has 0 amide bonds. The molecule has 2 rings (SSSR count). The van der Waals surface area contributed by atoms with Gasteiger partial charge in [0.25, 0.3) is 0 Å². The highest BCUT2D eigenvalue weighted by Crippen LogP contribution is 2.44. The Bertz CT molecular complexity index is 447. The number of rotatable bonds is 8. The van der Waals surface area contributed by atoms with Crippen LogP contribution < -0.4 is 0 Å². The van der Waals surface area contributed by atoms with Crippen molar-refractivity contribution in [3.05, 3.63) is 35.4 Å². The summed E-state index contributed by atoms with van der Waals surface area (Å²) in [6, 6.07) is 4.38. The van der Waals surface area contributed by atoms with Gasteiger partial charge in [0, 0.05) is 0 Å². The van der Waals surface area contributed by atoms with E-state index in [9.17, 15) is 8.78 Å². The van der Waals surface area contributed by atoms with Gasteiger partial charge in [0.1, 0.15) is 0 Å². The van der Waals surface area contributed by atoms with Gasteiger partial charge in [-0.2, -0.15) is 0 Å². The summed E-state index contributed by atoms with van der Waals surface area (Å²) in [5.74, 6) is -1.45. The highest BCUT2D eigenvalue weighted by molar-refractivity contribution is 5.18. The van der Waals surface area contributed by atoms with E-state index in [1.54, 1.807) is 6.07 Å². The van der Waals surface area contributed by atoms with E-state index in [0.717, 1.165) is 18.4 Å². The Morgan fingerprint density at radius 1 is 0.909 bits per heavy atom. The normalized spacial score (nSPS) is 17.6. The Balaban J connectivity index is 1.92. The molecule has 0 aromatic heterocycles. The summed E-state index contributed by atoms with van der Waals surface area (Å²) in [7, 11) is 0. The van der Waals surface area contributed by atoms with Crippen molar-refractivity contribution in [1.82, 2.24) is 0 Å². The number of unbranched alkanes of at least 4 members (excludes halogenated alkanes) is 3. The van der Waals surface area contributed by atoms with Crippen molar-refractivity contribution in [1.29, 1.82) is 0 Å². The third-order valence-corrected chi connectivity index (χ3v) is 5.40. The first kappa shape index (κ1) is 17.4. The fourth-order valence-corrected chi connectivity index (χ4v) is 3.96. The molecule has 1 aromatic carbocycles. The molecule has 0 bridgehead atoms. The van der Waals surface area contributed by atoms with Crippen LogP contribution in [0.3, 0.4) is 0 Å². The maximum atomic E-state index is 13.4. The van der Waals surface area contributed by atoms with E-state index in [1.165, 1.54) is 76.3 Å². The van der Waals surface area contributed by atoms with Crippen LogP contribution in [-0.4, -0.2) is 0 Å². The molecule has 2 heteroatoms. The van der Waals surface area contributed by atoms with Crippen LogP contribution >= 0.6 is 0 Å². The molecular formula is C20H30F2. The van der Waals surface area contributed by atoms with Crippen molar-refractivity contribution >= 4 is 0 Å². The summed E-state index contributed by atoms with van der Waals surface area (Å²) < 4.78 is 26.4. The Labute approximate surface area is 134 Å². The Hall–Kier alpha value is -0.920. The van der Waals surface area contributed by atoms with Gasteiger partial charge in [-0.05, 0) is 55.2 Å². The molecule has 0 heterocycles. The third-order valence-electron chi connectivity index (χ3n) is 5.40. The minimum Gasteiger partial charge on any atom is -0.204 e. The van der Waals surface area contributed by atoms with Gasteiger partial charge in [-0.25, -0.2) is 8.78 Å². The van der Waals surface area contributed by atoms with Crippen molar-refractivity contribution in [3.63, 3.8) is 0 Å². The quantitative estimate of drug-likeness (QED) is 0.462. The monoisotopic (exact) mass is 308 g/mol. The lowest BCUT2D eigenvalue weighted by Crippen LogP contribution is -2.25. The zero-order valence-electron chi connectivity index (χ0n) is 14.0. The van der Waals surface area contributed by atoms with Gasteiger partial charge in [0.05, 0.1) is 0 Å². The largest absolute Gasteiger partial charge is 0.204 e. The van der Waals surface area contributed by atoms with E-state index in [0.29, 0.717) is 5.41 Å². The molecule has 0 unspecified atom stereocenters. The number of aryl methyl sites for hydroxylation is 1. The first-order chi connectivity index (χ1) is 10.7. The first-order valence-electron chi connectivity index (χ1n) is 9.09. The topological polar surface area (TPSA) is 0 Å². The molecule has 0 radical (unpaired) electrons. The molecule has 1 fully saturated rings. The van der Waals surface area contributed by atoms with E-state index in [1.807, 2.05) is 0 Å². The van der Waals surface area contributed by atoms with Crippen LogP contribution in [0.5, 0.6) is 0 Å². The average Bonchev–Trinajstić information content (AvgIpc) is 2.54. The van der Waals surface area contributed by atoms with Gasteiger partial charge in [-0.3, -0.25) is 0 Å². The van der Waals surface area contributed by atoms with Crippen LogP contribution in [0.4, 0.5) is 8.78 Å². The Kier molecular flexibility index (Phi) is 6.85. The second-order valence-electron chi connectivity index (χ2n) is 7.12. The number of benzene rings is 1. The van der Waals surface area contributed by atoms with E-state index in [2.05, 4.69) is 6.92 Å². The molecule has 1 aliphatic carbocycles. The van der Waals surface area contributed by atoms with Crippen LogP contribution in [0.2, 0.25) is 0 Å². The zero-order chi connectivity index (χ0) is 15.8. The molecule has 0 atom stereocenters. The van der Waals surface area contributed by atoms with Gasteiger partial charge < -0.3 is 0 Å². The highest BCUT2D eigenvalue weighted by atomic mass is 19.2. The third kappa shape index (κ3) is 5.07. The molecule has 0 aliphatic heterocycles. The second-order valence-corrected chi connectivity index (χ2v) is 7.12. The molecule has 1 aliphatic rings. The van der Waals surface area contributed by atoms with Crippen molar-refractivity contribution < 1.29 is 8.78 Å². The van der Waals surface area contributed by atoms with Gasteiger partial charge in [-0.1, -0.05) is 57.9 Å². The molecule has 124 valence electrons. The lowest BCUT2D eigenvalue weighted by molar-refractivity contribution is 0.152. The Morgan fingerprint density at radius 3 is 2.36 bits per heavy atom. The number of hydrogen-bond donors (Lipinski definition) is 0. The molecule has 1 aromatic rings. The maximum absolute atomic E-state index is 13.4. The van der Waals surface area contributed by atoms with Crippen LogP contribution in [-0.2, 0) is 6.42 Å². The smallest absolute Gasteiger partial charge is 0.159 e. The Morgan fingerprint density at radius 2 is 1.68 bits per heavy atom. The SMILES string of the molecule is CCCCCCC1(CCc2ccc(F)c(F)c2)CCCCC1. The van der Waals surface area contributed by atoms with Crippen LogP contribution in [0.1, 0.15) is 83.1 Å². The predicted octanol–water partition coefficient (Wildman–Crippen LogP) is 6.82. The summed E-state index contributed by atoms with van der Waals surface area (Å²) >= 11 is 0. The van der Waals surface area contributed by atoms with E-state index in [4.69, 9.17) is 0 Å². The van der Waals surface area contributed by atoms with Gasteiger partial charge >= 0.3 is 0 Å². The summed E-state index contributed by atoms with van der Waals surface area (Å²) in [6.07, 6.45) is 15.3. The van der Waals surface area contributed by atoms with Gasteiger partial charge in [0.15, 0.2) is 11.6 Å². The van der Waals surface area contributed by atoms with Crippen molar-refractivity contribution in [2.45, 2.75) is 84.0 Å². The molecule has 0 N–H and O–H groups in total. The number of hydrogen-bond acceptors (Lipinski definition) is 0. The van der Waals surface area contributed by atoms with Crippen LogP contribution in [0.25, 0.3) is 0 Å². The summed E-state index contributed by atoms with van der Waals surface area (Å²) in [5.41, 5.74) is 1.40. The van der Waals surface area contributed by atoms with Gasteiger partial charge in [-0.15, -0.1) is 0 Å². The van der Waals surface area contributed by atoms with E-state index >= 15 is 0 Å². The lowest BCUT2D eigenvalue weighted by Gasteiger charge is -2.38. The fourth-order valence-electron chi connectivity index (χ4n) is 3.96. The van der Waals surface area contributed by atoms with Gasteiger partial charge in [0.2, 0.25) is 0 Å². The minimum atomic E-state index is -0.740. The average molecular weight is 308 g/mol. The highest BCUT2D eigenvalue weighted by Gasteiger charge is 2.30. The number of halogens is 2. The predicted molar refractivity (Wildman–Crippen MR) is 89.0 cm³/mol. The maximum Gasteiger partial charge on any atom is 0.159 e. The van der Waals surface area contributed by atoms with Crippen LogP contribution in [0.15, 0.2) is 18.2 Å². The fraction of sp³-hybridized carbons (Fsp3) is 0.700. The molecule has 22 heavy (non-hydrogen) atoms. The molecule has 1 saturated carbocycles. The van der Waals surface area contributed by atoms with E-state index < -0.39 is 11.6 Å². The molecular weight excluding hydrogens is 278 g/mol. The lowest BCUT2D eigenvalue weighted by atomic mass is 9.68. The zero-order valence-corrected chi connectivity index (χ0v) is 14.0. The minimum absolute atomic E-state index is 0.455. The molecule has 0 saturated heterocycles. The van der Waals surface area contributed by atoms with Crippen molar-refractivity contribution in [2.75, 3.05) is 0 Å².